The van der Waals surface area contributed by atoms with E-state index in [-0.39, 0.29) is 12.6 Å². The van der Waals surface area contributed by atoms with Gasteiger partial charge in [0.1, 0.15) is 0 Å². The Hall–Kier alpha value is -2.77. The average Bonchev–Trinajstić information content (AvgIpc) is 2.77. The molecule has 2 N–H and O–H groups in total. The van der Waals surface area contributed by atoms with Gasteiger partial charge in [0.25, 0.3) is 0 Å². The van der Waals surface area contributed by atoms with Crippen molar-refractivity contribution >= 4 is 5.97 Å². The number of benzene rings is 2. The molecule has 29 heavy (non-hydrogen) atoms. The Labute approximate surface area is 171 Å². The number of hydrogen-bond acceptors (Lipinski definition) is 7. The average molecular weight is 403 g/mol. The summed E-state index contributed by atoms with van der Waals surface area (Å²) in [5.41, 5.74) is 1.18. The number of nitrogens with one attached hydrogen (secondary N) is 1. The first kappa shape index (κ1) is 22.5. The largest absolute Gasteiger partial charge is 0.493 e. The zero-order valence-corrected chi connectivity index (χ0v) is 17.3. The van der Waals surface area contributed by atoms with Crippen LogP contribution in [0.5, 0.6) is 17.2 Å². The third kappa shape index (κ3) is 6.10. The standard InChI is InChI=1S/C22H29NO6/c1-15(20(24)16-9-6-5-7-10-16)23-11-8-12-29-22(25)17-13-18(26-2)21(28-4)19(14-17)27-3/h5-7,9-10,13-15,20,23-24H,8,11-12H2,1-4H3. The van der Waals surface area contributed by atoms with Crippen molar-refractivity contribution in [2.45, 2.75) is 25.5 Å². The molecule has 0 amide bonds. The minimum atomic E-state index is -0.599. The van der Waals surface area contributed by atoms with Crippen LogP contribution in [0.25, 0.3) is 0 Å². The van der Waals surface area contributed by atoms with Crippen LogP contribution in [0.1, 0.15) is 35.4 Å². The molecule has 2 unspecified atom stereocenters. The highest BCUT2D eigenvalue weighted by molar-refractivity contribution is 5.91. The van der Waals surface area contributed by atoms with Crippen LogP contribution in [0.3, 0.4) is 0 Å². The summed E-state index contributed by atoms with van der Waals surface area (Å²) in [7, 11) is 4.48. The number of aliphatic hydroxyl groups excluding tert-OH is 1. The predicted molar refractivity (Wildman–Crippen MR) is 110 cm³/mol. The van der Waals surface area contributed by atoms with E-state index in [0.717, 1.165) is 5.56 Å². The van der Waals surface area contributed by atoms with E-state index < -0.39 is 12.1 Å². The van der Waals surface area contributed by atoms with Crippen molar-refractivity contribution in [3.63, 3.8) is 0 Å². The van der Waals surface area contributed by atoms with E-state index in [1.165, 1.54) is 21.3 Å². The molecule has 0 spiro atoms. The van der Waals surface area contributed by atoms with Crippen LogP contribution in [-0.4, -0.2) is 51.6 Å². The summed E-state index contributed by atoms with van der Waals surface area (Å²) in [5.74, 6) is 0.733. The fourth-order valence-electron chi connectivity index (χ4n) is 2.90. The summed E-state index contributed by atoms with van der Waals surface area (Å²) in [6, 6.07) is 12.5. The summed E-state index contributed by atoms with van der Waals surface area (Å²) >= 11 is 0. The van der Waals surface area contributed by atoms with Gasteiger partial charge < -0.3 is 29.4 Å². The molecular weight excluding hydrogens is 374 g/mol. The van der Waals surface area contributed by atoms with Gasteiger partial charge in [-0.3, -0.25) is 0 Å². The molecule has 2 aromatic carbocycles. The first-order valence-corrected chi connectivity index (χ1v) is 9.45. The van der Waals surface area contributed by atoms with E-state index in [1.807, 2.05) is 37.3 Å². The smallest absolute Gasteiger partial charge is 0.338 e. The molecule has 0 saturated carbocycles. The monoisotopic (exact) mass is 403 g/mol. The maximum atomic E-state index is 12.3. The fraction of sp³-hybridized carbons (Fsp3) is 0.409. The summed E-state index contributed by atoms with van der Waals surface area (Å²) in [6.07, 6.45) is 0.0140. The summed E-state index contributed by atoms with van der Waals surface area (Å²) in [6.45, 7) is 2.77. The Morgan fingerprint density at radius 1 is 1.03 bits per heavy atom. The molecule has 2 rings (SSSR count). The zero-order valence-electron chi connectivity index (χ0n) is 17.3. The third-order valence-corrected chi connectivity index (χ3v) is 4.54. The van der Waals surface area contributed by atoms with Crippen molar-refractivity contribution in [1.29, 1.82) is 0 Å². The first-order valence-electron chi connectivity index (χ1n) is 9.45. The van der Waals surface area contributed by atoms with Crippen LogP contribution in [0, 0.1) is 0 Å². The molecule has 0 aromatic heterocycles. The molecule has 0 fully saturated rings. The van der Waals surface area contributed by atoms with E-state index >= 15 is 0 Å². The molecule has 0 saturated heterocycles. The fourth-order valence-corrected chi connectivity index (χ4v) is 2.90. The lowest BCUT2D eigenvalue weighted by Crippen LogP contribution is -2.33. The Kier molecular flexibility index (Phi) is 8.76. The van der Waals surface area contributed by atoms with Crippen LogP contribution in [0.2, 0.25) is 0 Å². The Balaban J connectivity index is 1.81. The Bertz CT molecular complexity index is 755. The highest BCUT2D eigenvalue weighted by Crippen LogP contribution is 2.38. The van der Waals surface area contributed by atoms with E-state index in [2.05, 4.69) is 5.32 Å². The second-order valence-electron chi connectivity index (χ2n) is 6.50. The lowest BCUT2D eigenvalue weighted by molar-refractivity contribution is 0.0496. The molecular formula is C22H29NO6. The van der Waals surface area contributed by atoms with E-state index in [4.69, 9.17) is 18.9 Å². The lowest BCUT2D eigenvalue weighted by Gasteiger charge is -2.20. The molecule has 0 heterocycles. The van der Waals surface area contributed by atoms with Crippen molar-refractivity contribution in [2.75, 3.05) is 34.5 Å². The van der Waals surface area contributed by atoms with Gasteiger partial charge in [-0.2, -0.15) is 0 Å². The van der Waals surface area contributed by atoms with Crippen LogP contribution in [0.4, 0.5) is 0 Å². The van der Waals surface area contributed by atoms with Crippen LogP contribution >= 0.6 is 0 Å². The molecule has 0 aliphatic heterocycles. The number of carbonyl (C=O) groups excluding carboxylic acids is 1. The predicted octanol–water partition coefficient (Wildman–Crippen LogP) is 2.97. The van der Waals surface area contributed by atoms with Gasteiger partial charge in [-0.25, -0.2) is 4.79 Å². The van der Waals surface area contributed by atoms with Crippen LogP contribution in [0.15, 0.2) is 42.5 Å². The number of methoxy groups -OCH3 is 3. The van der Waals surface area contributed by atoms with Gasteiger partial charge in [-0.05, 0) is 37.6 Å². The second-order valence-corrected chi connectivity index (χ2v) is 6.50. The first-order chi connectivity index (χ1) is 14.0. The van der Waals surface area contributed by atoms with Crippen molar-refractivity contribution < 1.29 is 28.8 Å². The number of hydrogen-bond donors (Lipinski definition) is 2. The van der Waals surface area contributed by atoms with Crippen molar-refractivity contribution in [1.82, 2.24) is 5.32 Å². The van der Waals surface area contributed by atoms with Crippen molar-refractivity contribution in [3.05, 3.63) is 53.6 Å². The maximum absolute atomic E-state index is 12.3. The van der Waals surface area contributed by atoms with Gasteiger partial charge in [0, 0.05) is 6.04 Å². The van der Waals surface area contributed by atoms with Crippen molar-refractivity contribution in [2.24, 2.45) is 0 Å². The lowest BCUT2D eigenvalue weighted by atomic mass is 10.0. The molecule has 2 atom stereocenters. The second kappa shape index (κ2) is 11.3. The quantitative estimate of drug-likeness (QED) is 0.441. The number of rotatable bonds is 11. The van der Waals surface area contributed by atoms with E-state index in [0.29, 0.717) is 35.8 Å². The summed E-state index contributed by atoms with van der Waals surface area (Å²) in [4.78, 5) is 12.3. The molecule has 7 nitrogen and oxygen atoms in total. The number of esters is 1. The highest BCUT2D eigenvalue weighted by atomic mass is 16.5. The van der Waals surface area contributed by atoms with Crippen LogP contribution in [-0.2, 0) is 4.74 Å². The molecule has 7 heteroatoms. The third-order valence-electron chi connectivity index (χ3n) is 4.54. The van der Waals surface area contributed by atoms with Gasteiger partial charge in [-0.15, -0.1) is 0 Å². The SMILES string of the molecule is COc1cc(C(=O)OCCCNC(C)C(O)c2ccccc2)cc(OC)c1OC. The molecule has 0 bridgehead atoms. The summed E-state index contributed by atoms with van der Waals surface area (Å²) < 4.78 is 21.1. The number of aliphatic hydroxyl groups is 1. The van der Waals surface area contributed by atoms with E-state index in [1.54, 1.807) is 12.1 Å². The van der Waals surface area contributed by atoms with Crippen LogP contribution < -0.4 is 19.5 Å². The van der Waals surface area contributed by atoms with Gasteiger partial charge in [-0.1, -0.05) is 30.3 Å². The summed E-state index contributed by atoms with van der Waals surface area (Å²) in [5, 5.41) is 13.6. The highest BCUT2D eigenvalue weighted by Gasteiger charge is 2.18. The molecule has 0 radical (unpaired) electrons. The molecule has 0 aliphatic carbocycles. The molecule has 2 aromatic rings. The minimum absolute atomic E-state index is 0.122. The molecule has 158 valence electrons. The topological polar surface area (TPSA) is 86.3 Å². The van der Waals surface area contributed by atoms with E-state index in [9.17, 15) is 9.90 Å². The zero-order chi connectivity index (χ0) is 21.2. The normalized spacial score (nSPS) is 12.7. The van der Waals surface area contributed by atoms with Crippen molar-refractivity contribution in [3.8, 4) is 17.2 Å². The number of carbonyl (C=O) groups is 1. The van der Waals surface area contributed by atoms with Gasteiger partial charge in [0.05, 0.1) is 39.6 Å². The van der Waals surface area contributed by atoms with Gasteiger partial charge in [0.2, 0.25) is 5.75 Å². The van der Waals surface area contributed by atoms with Gasteiger partial charge in [0.15, 0.2) is 11.5 Å². The Morgan fingerprint density at radius 3 is 2.21 bits per heavy atom. The minimum Gasteiger partial charge on any atom is -0.493 e. The number of ether oxygens (including phenoxy) is 4. The molecule has 0 aliphatic rings. The maximum Gasteiger partial charge on any atom is 0.338 e. The van der Waals surface area contributed by atoms with Gasteiger partial charge >= 0.3 is 5.97 Å². The Morgan fingerprint density at radius 2 is 1.66 bits per heavy atom.